The predicted molar refractivity (Wildman–Crippen MR) is 63.2 cm³/mol. The van der Waals surface area contributed by atoms with Crippen LogP contribution in [0.5, 0.6) is 0 Å². The maximum absolute atomic E-state index is 11.0. The fourth-order valence-corrected chi connectivity index (χ4v) is 1.17. The van der Waals surface area contributed by atoms with Gasteiger partial charge in [-0.05, 0) is 13.3 Å². The van der Waals surface area contributed by atoms with Gasteiger partial charge in [-0.25, -0.2) is 0 Å². The molecule has 0 saturated carbocycles. The average molecular weight is 298 g/mol. The second-order valence-electron chi connectivity index (χ2n) is 3.20. The van der Waals surface area contributed by atoms with E-state index in [2.05, 4.69) is 29.5 Å². The number of esters is 1. The summed E-state index contributed by atoms with van der Waals surface area (Å²) in [4.78, 5) is 11.0. The Balaban J connectivity index is 3.12. The fraction of sp³-hybridized carbons (Fsp3) is 0.900. The van der Waals surface area contributed by atoms with Crippen LogP contribution in [0.3, 0.4) is 0 Å². The first kappa shape index (κ1) is 13.2. The average Bonchev–Trinajstić information content (AvgIpc) is 2.10. The smallest absolute Gasteiger partial charge is 0.318 e. The molecule has 0 fully saturated rings. The number of carbonyl (C=O) groups excluding carboxylic acids is 1. The highest BCUT2D eigenvalue weighted by Crippen LogP contribution is 2.05. The van der Waals surface area contributed by atoms with Crippen molar-refractivity contribution in [3.8, 4) is 0 Å². The molecule has 0 aromatic heterocycles. The summed E-state index contributed by atoms with van der Waals surface area (Å²) in [5.41, 5.74) is 0. The molecule has 0 saturated heterocycles. The SMILES string of the molecule is CCCCCCCOC(=O)[C@@H](C)I. The maximum atomic E-state index is 11.0. The fourth-order valence-electron chi connectivity index (χ4n) is 0.993. The molecule has 0 aliphatic carbocycles. The minimum absolute atomic E-state index is 0.0201. The lowest BCUT2D eigenvalue weighted by molar-refractivity contribution is -0.142. The lowest BCUT2D eigenvalue weighted by Crippen LogP contribution is -2.14. The van der Waals surface area contributed by atoms with Gasteiger partial charge in [0.25, 0.3) is 0 Å². The van der Waals surface area contributed by atoms with Crippen molar-refractivity contribution in [3.63, 3.8) is 0 Å². The predicted octanol–water partition coefficient (Wildman–Crippen LogP) is 3.32. The Kier molecular flexibility index (Phi) is 8.92. The lowest BCUT2D eigenvalue weighted by atomic mass is 10.2. The molecule has 78 valence electrons. The van der Waals surface area contributed by atoms with Crippen LogP contribution in [0.2, 0.25) is 0 Å². The highest BCUT2D eigenvalue weighted by molar-refractivity contribution is 14.1. The van der Waals surface area contributed by atoms with E-state index in [9.17, 15) is 4.79 Å². The van der Waals surface area contributed by atoms with E-state index >= 15 is 0 Å². The number of carbonyl (C=O) groups is 1. The minimum Gasteiger partial charge on any atom is -0.465 e. The second kappa shape index (κ2) is 8.78. The molecule has 0 aromatic carbocycles. The standard InChI is InChI=1S/C10H19IO2/c1-3-4-5-6-7-8-13-10(12)9(2)11/h9H,3-8H2,1-2H3/t9-/m1/s1. The van der Waals surface area contributed by atoms with Crippen molar-refractivity contribution < 1.29 is 9.53 Å². The largest absolute Gasteiger partial charge is 0.465 e. The van der Waals surface area contributed by atoms with Crippen LogP contribution in [0, 0.1) is 0 Å². The molecule has 0 rings (SSSR count). The molecule has 0 radical (unpaired) electrons. The van der Waals surface area contributed by atoms with Crippen LogP contribution in [-0.4, -0.2) is 16.5 Å². The summed E-state index contributed by atoms with van der Waals surface area (Å²) in [6.45, 7) is 4.63. The van der Waals surface area contributed by atoms with Gasteiger partial charge in [-0.1, -0.05) is 55.2 Å². The summed E-state index contributed by atoms with van der Waals surface area (Å²) in [5.74, 6) is -0.0870. The quantitative estimate of drug-likeness (QED) is 0.312. The van der Waals surface area contributed by atoms with Crippen LogP contribution in [0.4, 0.5) is 0 Å². The van der Waals surface area contributed by atoms with Gasteiger partial charge >= 0.3 is 5.97 Å². The molecule has 3 heteroatoms. The van der Waals surface area contributed by atoms with E-state index in [1.165, 1.54) is 25.7 Å². The van der Waals surface area contributed by atoms with Crippen LogP contribution in [-0.2, 0) is 9.53 Å². The van der Waals surface area contributed by atoms with Gasteiger partial charge in [0.15, 0.2) is 0 Å². The molecule has 2 nitrogen and oxygen atoms in total. The Hall–Kier alpha value is 0.200. The molecule has 0 aromatic rings. The zero-order valence-electron chi connectivity index (χ0n) is 8.51. The normalized spacial score (nSPS) is 12.5. The van der Waals surface area contributed by atoms with Crippen molar-refractivity contribution in [2.75, 3.05) is 6.61 Å². The van der Waals surface area contributed by atoms with E-state index in [0.717, 1.165) is 6.42 Å². The van der Waals surface area contributed by atoms with E-state index < -0.39 is 0 Å². The first-order valence-electron chi connectivity index (χ1n) is 4.99. The molecule has 0 heterocycles. The summed E-state index contributed by atoms with van der Waals surface area (Å²) < 4.78 is 5.02. The molecule has 0 unspecified atom stereocenters. The third-order valence-corrected chi connectivity index (χ3v) is 2.33. The summed E-state index contributed by atoms with van der Waals surface area (Å²) >= 11 is 2.07. The second-order valence-corrected chi connectivity index (χ2v) is 5.07. The van der Waals surface area contributed by atoms with Gasteiger partial charge < -0.3 is 4.74 Å². The van der Waals surface area contributed by atoms with Crippen molar-refractivity contribution in [3.05, 3.63) is 0 Å². The van der Waals surface area contributed by atoms with Crippen LogP contribution in [0.25, 0.3) is 0 Å². The Morgan fingerprint density at radius 1 is 1.31 bits per heavy atom. The number of rotatable bonds is 7. The first-order valence-corrected chi connectivity index (χ1v) is 6.23. The lowest BCUT2D eigenvalue weighted by Gasteiger charge is -2.05. The van der Waals surface area contributed by atoms with Crippen LogP contribution >= 0.6 is 22.6 Å². The number of unbranched alkanes of at least 4 members (excludes halogenated alkanes) is 4. The van der Waals surface area contributed by atoms with Gasteiger partial charge in [0.2, 0.25) is 0 Å². The van der Waals surface area contributed by atoms with Gasteiger partial charge in [-0.2, -0.15) is 0 Å². The highest BCUT2D eigenvalue weighted by atomic mass is 127. The number of ether oxygens (including phenoxy) is 1. The summed E-state index contributed by atoms with van der Waals surface area (Å²) in [6, 6.07) is 0. The van der Waals surface area contributed by atoms with Gasteiger partial charge in [-0.15, -0.1) is 0 Å². The first-order chi connectivity index (χ1) is 6.18. The zero-order valence-corrected chi connectivity index (χ0v) is 10.7. The summed E-state index contributed by atoms with van der Waals surface area (Å²) in [7, 11) is 0. The highest BCUT2D eigenvalue weighted by Gasteiger charge is 2.08. The van der Waals surface area contributed by atoms with Crippen molar-refractivity contribution in [2.24, 2.45) is 0 Å². The minimum atomic E-state index is -0.0870. The van der Waals surface area contributed by atoms with Gasteiger partial charge in [0, 0.05) is 0 Å². The van der Waals surface area contributed by atoms with E-state index in [0.29, 0.717) is 6.61 Å². The number of hydrogen-bond acceptors (Lipinski definition) is 2. The van der Waals surface area contributed by atoms with Crippen LogP contribution in [0.15, 0.2) is 0 Å². The summed E-state index contributed by atoms with van der Waals surface area (Å²) in [5, 5.41) is 0. The Labute approximate surface area is 94.6 Å². The van der Waals surface area contributed by atoms with Gasteiger partial charge in [0.1, 0.15) is 3.92 Å². The molecule has 0 N–H and O–H groups in total. The van der Waals surface area contributed by atoms with E-state index in [4.69, 9.17) is 4.74 Å². The number of halogens is 1. The Morgan fingerprint density at radius 2 is 1.92 bits per heavy atom. The molecule has 0 amide bonds. The third kappa shape index (κ3) is 8.53. The Morgan fingerprint density at radius 3 is 2.46 bits per heavy atom. The third-order valence-electron chi connectivity index (χ3n) is 1.82. The topological polar surface area (TPSA) is 26.3 Å². The molecular weight excluding hydrogens is 279 g/mol. The van der Waals surface area contributed by atoms with E-state index in [1.807, 2.05) is 6.92 Å². The van der Waals surface area contributed by atoms with Crippen LogP contribution < -0.4 is 0 Å². The van der Waals surface area contributed by atoms with Crippen molar-refractivity contribution in [1.82, 2.24) is 0 Å². The molecule has 13 heavy (non-hydrogen) atoms. The van der Waals surface area contributed by atoms with Crippen LogP contribution in [0.1, 0.15) is 46.0 Å². The van der Waals surface area contributed by atoms with Gasteiger partial charge in [0.05, 0.1) is 6.61 Å². The zero-order chi connectivity index (χ0) is 10.1. The van der Waals surface area contributed by atoms with Crippen molar-refractivity contribution in [1.29, 1.82) is 0 Å². The van der Waals surface area contributed by atoms with Crippen molar-refractivity contribution in [2.45, 2.75) is 49.9 Å². The van der Waals surface area contributed by atoms with E-state index in [-0.39, 0.29) is 9.89 Å². The molecule has 1 atom stereocenters. The molecule has 0 aliphatic heterocycles. The van der Waals surface area contributed by atoms with E-state index in [1.54, 1.807) is 0 Å². The number of alkyl halides is 1. The molecular formula is C10H19IO2. The summed E-state index contributed by atoms with van der Waals surface area (Å²) in [6.07, 6.45) is 5.99. The number of hydrogen-bond donors (Lipinski definition) is 0. The maximum Gasteiger partial charge on any atom is 0.318 e. The Bertz CT molecular complexity index is 135. The molecule has 0 spiro atoms. The molecule has 0 bridgehead atoms. The van der Waals surface area contributed by atoms with Crippen molar-refractivity contribution >= 4 is 28.6 Å². The van der Waals surface area contributed by atoms with Gasteiger partial charge in [-0.3, -0.25) is 4.79 Å². The monoisotopic (exact) mass is 298 g/mol. The molecule has 0 aliphatic rings.